The number of nitrogens with zero attached hydrogens (tertiary/aromatic N) is 2. The van der Waals surface area contributed by atoms with E-state index in [0.717, 1.165) is 25.2 Å². The quantitative estimate of drug-likeness (QED) is 0.826. The van der Waals surface area contributed by atoms with Crippen molar-refractivity contribution in [2.24, 2.45) is 11.1 Å². The molecule has 0 aromatic carbocycles. The van der Waals surface area contributed by atoms with Crippen LogP contribution in [0.15, 0.2) is 12.4 Å². The number of imidazole rings is 1. The van der Waals surface area contributed by atoms with E-state index in [1.807, 2.05) is 12.4 Å². The molecular formula is C12H23N3. The van der Waals surface area contributed by atoms with Gasteiger partial charge in [-0.2, -0.15) is 0 Å². The zero-order chi connectivity index (χ0) is 11.5. The Hall–Kier alpha value is -0.830. The van der Waals surface area contributed by atoms with Gasteiger partial charge < -0.3 is 10.3 Å². The van der Waals surface area contributed by atoms with Crippen LogP contribution in [0.1, 0.15) is 39.9 Å². The van der Waals surface area contributed by atoms with Gasteiger partial charge in [0, 0.05) is 31.4 Å². The lowest BCUT2D eigenvalue weighted by atomic mass is 9.85. The van der Waals surface area contributed by atoms with Gasteiger partial charge in [-0.25, -0.2) is 4.98 Å². The molecule has 1 unspecified atom stereocenters. The van der Waals surface area contributed by atoms with Crippen LogP contribution < -0.4 is 5.73 Å². The minimum Gasteiger partial charge on any atom is -0.335 e. The normalized spacial score (nSPS) is 14.2. The molecule has 1 rings (SSSR count). The highest BCUT2D eigenvalue weighted by Gasteiger charge is 2.20. The fourth-order valence-corrected chi connectivity index (χ4v) is 1.57. The lowest BCUT2D eigenvalue weighted by Crippen LogP contribution is -2.35. The molecule has 0 bridgehead atoms. The van der Waals surface area contributed by atoms with Gasteiger partial charge in [-0.1, -0.05) is 20.8 Å². The van der Waals surface area contributed by atoms with Crippen molar-refractivity contribution in [1.82, 2.24) is 9.55 Å². The van der Waals surface area contributed by atoms with Crippen molar-refractivity contribution >= 4 is 0 Å². The summed E-state index contributed by atoms with van der Waals surface area (Å²) in [5.41, 5.74) is 6.31. The first-order valence-electron chi connectivity index (χ1n) is 5.70. The minimum absolute atomic E-state index is 0.184. The Morgan fingerprint density at radius 1 is 1.47 bits per heavy atom. The van der Waals surface area contributed by atoms with Gasteiger partial charge in [0.2, 0.25) is 0 Å². The third kappa shape index (κ3) is 3.34. The number of hydrogen-bond donors (Lipinski definition) is 1. The molecule has 0 amide bonds. The minimum atomic E-state index is 0.184. The molecule has 0 aliphatic heterocycles. The summed E-state index contributed by atoms with van der Waals surface area (Å²) in [6.45, 7) is 9.67. The van der Waals surface area contributed by atoms with Crippen LogP contribution >= 0.6 is 0 Å². The van der Waals surface area contributed by atoms with E-state index in [1.165, 1.54) is 0 Å². The lowest BCUT2D eigenvalue weighted by molar-refractivity contribution is 0.304. The zero-order valence-electron chi connectivity index (χ0n) is 10.3. The Kier molecular flexibility index (Phi) is 3.91. The molecule has 0 aliphatic carbocycles. The van der Waals surface area contributed by atoms with Crippen LogP contribution in [0.2, 0.25) is 0 Å². The van der Waals surface area contributed by atoms with E-state index in [4.69, 9.17) is 5.73 Å². The van der Waals surface area contributed by atoms with E-state index in [9.17, 15) is 0 Å². The maximum absolute atomic E-state index is 6.12. The topological polar surface area (TPSA) is 43.8 Å². The number of nitrogens with two attached hydrogens (primary N) is 1. The molecule has 1 atom stereocenters. The van der Waals surface area contributed by atoms with Crippen LogP contribution in [-0.2, 0) is 13.0 Å². The SMILES string of the molecule is CCn1ccnc1CCC(N)C(C)(C)C. The molecule has 1 heterocycles. The smallest absolute Gasteiger partial charge is 0.108 e. The summed E-state index contributed by atoms with van der Waals surface area (Å²) in [6, 6.07) is 0.236. The summed E-state index contributed by atoms with van der Waals surface area (Å²) >= 11 is 0. The van der Waals surface area contributed by atoms with Crippen molar-refractivity contribution < 1.29 is 0 Å². The van der Waals surface area contributed by atoms with E-state index >= 15 is 0 Å². The molecule has 0 spiro atoms. The molecule has 0 radical (unpaired) electrons. The van der Waals surface area contributed by atoms with Crippen LogP contribution in [0.25, 0.3) is 0 Å². The highest BCUT2D eigenvalue weighted by atomic mass is 15.0. The molecular weight excluding hydrogens is 186 g/mol. The maximum Gasteiger partial charge on any atom is 0.108 e. The summed E-state index contributed by atoms with van der Waals surface area (Å²) in [4.78, 5) is 4.35. The predicted molar refractivity (Wildman–Crippen MR) is 63.7 cm³/mol. The first-order chi connectivity index (χ1) is 6.95. The van der Waals surface area contributed by atoms with E-state index < -0.39 is 0 Å². The van der Waals surface area contributed by atoms with Crippen LogP contribution in [0.3, 0.4) is 0 Å². The molecule has 1 aromatic heterocycles. The first kappa shape index (κ1) is 12.2. The van der Waals surface area contributed by atoms with Gasteiger partial charge in [-0.05, 0) is 18.8 Å². The van der Waals surface area contributed by atoms with Gasteiger partial charge in [-0.3, -0.25) is 0 Å². The summed E-state index contributed by atoms with van der Waals surface area (Å²) in [6.07, 6.45) is 5.86. The Balaban J connectivity index is 2.50. The fraction of sp³-hybridized carbons (Fsp3) is 0.750. The second kappa shape index (κ2) is 4.79. The molecule has 0 saturated heterocycles. The lowest BCUT2D eigenvalue weighted by Gasteiger charge is -2.26. The second-order valence-corrected chi connectivity index (χ2v) is 5.14. The summed E-state index contributed by atoms with van der Waals surface area (Å²) in [5, 5.41) is 0. The summed E-state index contributed by atoms with van der Waals surface area (Å²) < 4.78 is 2.18. The van der Waals surface area contributed by atoms with Crippen LogP contribution in [-0.4, -0.2) is 15.6 Å². The van der Waals surface area contributed by atoms with Gasteiger partial charge >= 0.3 is 0 Å². The van der Waals surface area contributed by atoms with Crippen molar-refractivity contribution in [1.29, 1.82) is 0 Å². The van der Waals surface area contributed by atoms with Gasteiger partial charge in [0.05, 0.1) is 0 Å². The van der Waals surface area contributed by atoms with E-state index in [2.05, 4.69) is 37.2 Å². The molecule has 0 saturated carbocycles. The average Bonchev–Trinajstić information content (AvgIpc) is 2.59. The Morgan fingerprint density at radius 3 is 2.67 bits per heavy atom. The largest absolute Gasteiger partial charge is 0.335 e. The number of aryl methyl sites for hydroxylation is 2. The molecule has 86 valence electrons. The van der Waals surface area contributed by atoms with E-state index in [-0.39, 0.29) is 11.5 Å². The maximum atomic E-state index is 6.12. The number of rotatable bonds is 4. The van der Waals surface area contributed by atoms with Crippen LogP contribution in [0.4, 0.5) is 0 Å². The van der Waals surface area contributed by atoms with E-state index in [1.54, 1.807) is 0 Å². The standard InChI is InChI=1S/C12H23N3/c1-5-15-9-8-14-11(15)7-6-10(13)12(2,3)4/h8-10H,5-7,13H2,1-4H3. The highest BCUT2D eigenvalue weighted by Crippen LogP contribution is 2.20. The van der Waals surface area contributed by atoms with Gasteiger partial charge in [-0.15, -0.1) is 0 Å². The van der Waals surface area contributed by atoms with Gasteiger partial charge in [0.25, 0.3) is 0 Å². The average molecular weight is 209 g/mol. The summed E-state index contributed by atoms with van der Waals surface area (Å²) in [7, 11) is 0. The van der Waals surface area contributed by atoms with Gasteiger partial charge in [0.15, 0.2) is 0 Å². The molecule has 0 fully saturated rings. The molecule has 3 nitrogen and oxygen atoms in total. The van der Waals surface area contributed by atoms with Crippen molar-refractivity contribution in [3.8, 4) is 0 Å². The Morgan fingerprint density at radius 2 is 2.13 bits per heavy atom. The fourth-order valence-electron chi connectivity index (χ4n) is 1.57. The van der Waals surface area contributed by atoms with Crippen molar-refractivity contribution in [2.75, 3.05) is 0 Å². The predicted octanol–water partition coefficient (Wildman–Crippen LogP) is 2.21. The molecule has 2 N–H and O–H groups in total. The Bertz CT molecular complexity index is 296. The third-order valence-corrected chi connectivity index (χ3v) is 2.93. The second-order valence-electron chi connectivity index (χ2n) is 5.14. The highest BCUT2D eigenvalue weighted by molar-refractivity contribution is 4.93. The number of aromatic nitrogens is 2. The zero-order valence-corrected chi connectivity index (χ0v) is 10.3. The molecule has 3 heteroatoms. The summed E-state index contributed by atoms with van der Waals surface area (Å²) in [5.74, 6) is 1.15. The van der Waals surface area contributed by atoms with Crippen LogP contribution in [0.5, 0.6) is 0 Å². The molecule has 15 heavy (non-hydrogen) atoms. The number of hydrogen-bond acceptors (Lipinski definition) is 2. The van der Waals surface area contributed by atoms with E-state index in [0.29, 0.717) is 0 Å². The van der Waals surface area contributed by atoms with Crippen molar-refractivity contribution in [3.05, 3.63) is 18.2 Å². The van der Waals surface area contributed by atoms with Crippen molar-refractivity contribution in [2.45, 2.75) is 53.1 Å². The van der Waals surface area contributed by atoms with Gasteiger partial charge in [0.1, 0.15) is 5.82 Å². The van der Waals surface area contributed by atoms with Crippen molar-refractivity contribution in [3.63, 3.8) is 0 Å². The molecule has 1 aromatic rings. The van der Waals surface area contributed by atoms with Crippen LogP contribution in [0, 0.1) is 5.41 Å². The molecule has 0 aliphatic rings. The Labute approximate surface area is 92.7 Å². The first-order valence-corrected chi connectivity index (χ1v) is 5.70. The monoisotopic (exact) mass is 209 g/mol. The third-order valence-electron chi connectivity index (χ3n) is 2.93.